The Morgan fingerprint density at radius 2 is 2.06 bits per heavy atom. The molecule has 0 heterocycles. The summed E-state index contributed by atoms with van der Waals surface area (Å²) >= 11 is 0. The van der Waals surface area contributed by atoms with Gasteiger partial charge in [-0.1, -0.05) is 30.7 Å². The number of esters is 1. The number of hydrogen-bond acceptors (Lipinski definition) is 3. The maximum Gasteiger partial charge on any atom is 0.307 e. The molecule has 0 spiro atoms. The lowest BCUT2D eigenvalue weighted by molar-refractivity contribution is -0.143. The predicted molar refractivity (Wildman–Crippen MR) is 73.6 cm³/mol. The fourth-order valence-electron chi connectivity index (χ4n) is 2.06. The highest BCUT2D eigenvalue weighted by molar-refractivity contribution is 5.70. The summed E-state index contributed by atoms with van der Waals surface area (Å²) in [5, 5.41) is 3.36. The van der Waals surface area contributed by atoms with Gasteiger partial charge in [0.1, 0.15) is 0 Å². The maximum atomic E-state index is 11.6. The monoisotopic (exact) mass is 249 g/mol. The maximum absolute atomic E-state index is 11.6. The van der Waals surface area contributed by atoms with Crippen molar-refractivity contribution in [2.45, 2.75) is 40.2 Å². The van der Waals surface area contributed by atoms with Crippen molar-refractivity contribution in [2.24, 2.45) is 0 Å². The molecule has 3 heteroatoms. The van der Waals surface area contributed by atoms with E-state index in [1.165, 1.54) is 16.7 Å². The van der Waals surface area contributed by atoms with Crippen LogP contribution in [0.5, 0.6) is 0 Å². The third-order valence-electron chi connectivity index (χ3n) is 2.94. The summed E-state index contributed by atoms with van der Waals surface area (Å²) < 4.78 is 5.03. The summed E-state index contributed by atoms with van der Waals surface area (Å²) in [5.41, 5.74) is 3.60. The van der Waals surface area contributed by atoms with E-state index in [1.807, 2.05) is 13.8 Å². The van der Waals surface area contributed by atoms with Gasteiger partial charge in [-0.05, 0) is 38.4 Å². The van der Waals surface area contributed by atoms with Gasteiger partial charge in [-0.25, -0.2) is 0 Å². The van der Waals surface area contributed by atoms with Crippen LogP contribution in [0.3, 0.4) is 0 Å². The van der Waals surface area contributed by atoms with E-state index in [4.69, 9.17) is 4.74 Å². The molecule has 0 aliphatic heterocycles. The van der Waals surface area contributed by atoms with E-state index in [2.05, 4.69) is 37.4 Å². The Kier molecular flexibility index (Phi) is 5.86. The molecule has 1 rings (SSSR count). The highest BCUT2D eigenvalue weighted by Crippen LogP contribution is 2.22. The van der Waals surface area contributed by atoms with Crippen LogP contribution in [0.1, 0.15) is 43.0 Å². The summed E-state index contributed by atoms with van der Waals surface area (Å²) in [6, 6.07) is 6.36. The zero-order valence-electron chi connectivity index (χ0n) is 11.7. The first-order chi connectivity index (χ1) is 8.58. The molecule has 0 radical (unpaired) electrons. The first-order valence-corrected chi connectivity index (χ1v) is 6.54. The topological polar surface area (TPSA) is 38.3 Å². The molecule has 0 aliphatic carbocycles. The Hall–Kier alpha value is -1.35. The molecule has 18 heavy (non-hydrogen) atoms. The molecular weight excluding hydrogens is 226 g/mol. The molecule has 1 aromatic carbocycles. The summed E-state index contributed by atoms with van der Waals surface area (Å²) in [5.74, 6) is -0.149. The van der Waals surface area contributed by atoms with E-state index in [9.17, 15) is 4.79 Å². The molecule has 0 fully saturated rings. The molecule has 0 aliphatic rings. The van der Waals surface area contributed by atoms with Crippen molar-refractivity contribution in [2.75, 3.05) is 13.2 Å². The van der Waals surface area contributed by atoms with Crippen LogP contribution in [-0.4, -0.2) is 19.1 Å². The van der Waals surface area contributed by atoms with Crippen LogP contribution in [0.15, 0.2) is 18.2 Å². The average Bonchev–Trinajstić information content (AvgIpc) is 2.32. The number of benzene rings is 1. The number of ether oxygens (including phenoxy) is 1. The lowest BCUT2D eigenvalue weighted by atomic mass is 9.96. The molecule has 1 atom stereocenters. The molecule has 0 bridgehead atoms. The van der Waals surface area contributed by atoms with E-state index in [1.54, 1.807) is 0 Å². The van der Waals surface area contributed by atoms with Gasteiger partial charge in [0.2, 0.25) is 0 Å². The Labute approximate surface area is 110 Å². The second kappa shape index (κ2) is 7.17. The number of carbonyl (C=O) groups is 1. The van der Waals surface area contributed by atoms with Gasteiger partial charge in [0, 0.05) is 6.04 Å². The van der Waals surface area contributed by atoms with Gasteiger partial charge >= 0.3 is 5.97 Å². The van der Waals surface area contributed by atoms with Crippen LogP contribution in [-0.2, 0) is 9.53 Å². The Balaban J connectivity index is 2.89. The smallest absolute Gasteiger partial charge is 0.307 e. The van der Waals surface area contributed by atoms with E-state index in [0.29, 0.717) is 13.0 Å². The Bertz CT molecular complexity index is 401. The van der Waals surface area contributed by atoms with Gasteiger partial charge < -0.3 is 10.1 Å². The summed E-state index contributed by atoms with van der Waals surface area (Å²) in [6.45, 7) is 9.28. The molecule has 0 aromatic heterocycles. The highest BCUT2D eigenvalue weighted by atomic mass is 16.5. The lowest BCUT2D eigenvalue weighted by Crippen LogP contribution is -2.25. The number of nitrogens with one attached hydrogen (secondary N) is 1. The van der Waals surface area contributed by atoms with Gasteiger partial charge in [-0.2, -0.15) is 0 Å². The van der Waals surface area contributed by atoms with E-state index in [0.717, 1.165) is 6.54 Å². The third-order valence-corrected chi connectivity index (χ3v) is 2.94. The molecule has 3 nitrogen and oxygen atoms in total. The first-order valence-electron chi connectivity index (χ1n) is 6.54. The molecule has 0 saturated heterocycles. The summed E-state index contributed by atoms with van der Waals surface area (Å²) in [6.07, 6.45) is 0.381. The second-order valence-corrected chi connectivity index (χ2v) is 4.48. The average molecular weight is 249 g/mol. The van der Waals surface area contributed by atoms with E-state index < -0.39 is 0 Å². The van der Waals surface area contributed by atoms with Crippen molar-refractivity contribution >= 4 is 5.97 Å². The van der Waals surface area contributed by atoms with Crippen LogP contribution >= 0.6 is 0 Å². The minimum Gasteiger partial charge on any atom is -0.466 e. The fourth-order valence-corrected chi connectivity index (χ4v) is 2.06. The highest BCUT2D eigenvalue weighted by Gasteiger charge is 2.17. The van der Waals surface area contributed by atoms with Gasteiger partial charge in [-0.15, -0.1) is 0 Å². The normalized spacial score (nSPS) is 12.2. The number of carbonyl (C=O) groups excluding carboxylic acids is 1. The van der Waals surface area contributed by atoms with Crippen LogP contribution < -0.4 is 5.32 Å². The zero-order valence-corrected chi connectivity index (χ0v) is 11.7. The van der Waals surface area contributed by atoms with Crippen LogP contribution in [0, 0.1) is 13.8 Å². The Morgan fingerprint density at radius 1 is 1.33 bits per heavy atom. The lowest BCUT2D eigenvalue weighted by Gasteiger charge is -2.20. The molecule has 0 saturated carbocycles. The van der Waals surface area contributed by atoms with E-state index >= 15 is 0 Å². The predicted octanol–water partition coefficient (Wildman–Crippen LogP) is 2.91. The molecule has 100 valence electrons. The van der Waals surface area contributed by atoms with E-state index in [-0.39, 0.29) is 12.0 Å². The van der Waals surface area contributed by atoms with Gasteiger partial charge in [0.05, 0.1) is 13.0 Å². The summed E-state index contributed by atoms with van der Waals surface area (Å²) in [7, 11) is 0. The van der Waals surface area contributed by atoms with Crippen molar-refractivity contribution in [3.63, 3.8) is 0 Å². The largest absolute Gasteiger partial charge is 0.466 e. The second-order valence-electron chi connectivity index (χ2n) is 4.48. The number of aryl methyl sites for hydroxylation is 2. The number of rotatable bonds is 6. The summed E-state index contributed by atoms with van der Waals surface area (Å²) in [4.78, 5) is 11.6. The van der Waals surface area contributed by atoms with Crippen LogP contribution in [0.4, 0.5) is 0 Å². The molecule has 1 aromatic rings. The van der Waals surface area contributed by atoms with Gasteiger partial charge in [0.15, 0.2) is 0 Å². The third kappa shape index (κ3) is 4.15. The van der Waals surface area contributed by atoms with Crippen LogP contribution in [0.2, 0.25) is 0 Å². The van der Waals surface area contributed by atoms with Crippen molar-refractivity contribution in [3.8, 4) is 0 Å². The standard InChI is InChI=1S/C15H23NO2/c1-5-16-14(10-15(17)18-6-2)13-9-11(3)7-8-12(13)4/h7-9,14,16H,5-6,10H2,1-4H3. The minimum atomic E-state index is -0.149. The quantitative estimate of drug-likeness (QED) is 0.788. The SMILES string of the molecule is CCNC(CC(=O)OCC)c1cc(C)ccc1C. The van der Waals surface area contributed by atoms with Crippen LogP contribution in [0.25, 0.3) is 0 Å². The fraction of sp³-hybridized carbons (Fsp3) is 0.533. The van der Waals surface area contributed by atoms with Gasteiger partial charge in [0.25, 0.3) is 0 Å². The molecule has 1 unspecified atom stereocenters. The Morgan fingerprint density at radius 3 is 2.67 bits per heavy atom. The number of hydrogen-bond donors (Lipinski definition) is 1. The van der Waals surface area contributed by atoms with Crippen molar-refractivity contribution in [1.29, 1.82) is 0 Å². The van der Waals surface area contributed by atoms with Gasteiger partial charge in [-0.3, -0.25) is 4.79 Å². The van der Waals surface area contributed by atoms with Crippen molar-refractivity contribution < 1.29 is 9.53 Å². The van der Waals surface area contributed by atoms with Crippen molar-refractivity contribution in [3.05, 3.63) is 34.9 Å². The zero-order chi connectivity index (χ0) is 13.5. The molecular formula is C15H23NO2. The molecule has 0 amide bonds. The first kappa shape index (κ1) is 14.7. The minimum absolute atomic E-state index is 0.0361. The van der Waals surface area contributed by atoms with Crippen molar-refractivity contribution in [1.82, 2.24) is 5.32 Å². The molecule has 1 N–H and O–H groups in total.